The molecule has 0 aliphatic heterocycles. The second-order valence-corrected chi connectivity index (χ2v) is 19.0. The number of nitrogens with zero attached hydrogens (tertiary/aromatic N) is 4. The number of carbonyl (C=O) groups is 2. The van der Waals surface area contributed by atoms with Crippen molar-refractivity contribution in [3.63, 3.8) is 0 Å². The summed E-state index contributed by atoms with van der Waals surface area (Å²) in [6, 6.07) is 34.7. The predicted molar refractivity (Wildman–Crippen MR) is 275 cm³/mol. The minimum absolute atomic E-state index is 0. The van der Waals surface area contributed by atoms with Gasteiger partial charge in [0.1, 0.15) is 38.7 Å². The maximum absolute atomic E-state index is 13.3. The van der Waals surface area contributed by atoms with Gasteiger partial charge in [0, 0.05) is 27.7 Å². The summed E-state index contributed by atoms with van der Waals surface area (Å²) in [4.78, 5) is 25.1. The molecule has 8 rings (SSSR count). The van der Waals surface area contributed by atoms with Crippen LogP contribution in [0.4, 0.5) is 34.1 Å². The standard InChI is InChI=1S/2C25H20ClN3O6S.Ca/c2*1-14-21(36(32,33)34)12-11-20(26)22(14)28-29-23-18-6-4-3-5-15(18)13-19(24(23)30)25(31)27-16-7-9-17(35-2)10-8-16;/h2*3-13,30H,1-2H3,(H,27,31)(H,32,33,34);/q;;+2/p-2. The first-order chi connectivity index (χ1) is 34.2. The van der Waals surface area contributed by atoms with Crippen LogP contribution in [-0.2, 0) is 20.2 Å². The zero-order chi connectivity index (χ0) is 52.1. The van der Waals surface area contributed by atoms with E-state index in [1.54, 1.807) is 97.1 Å². The van der Waals surface area contributed by atoms with Crippen molar-refractivity contribution < 1.29 is 55.2 Å². The Labute approximate surface area is 457 Å². The van der Waals surface area contributed by atoms with Crippen LogP contribution in [0.3, 0.4) is 0 Å². The molecule has 0 saturated heterocycles. The molecule has 23 heteroatoms. The van der Waals surface area contributed by atoms with Crippen molar-refractivity contribution in [1.82, 2.24) is 0 Å². The first kappa shape index (κ1) is 55.6. The minimum Gasteiger partial charge on any atom is -0.870 e. The van der Waals surface area contributed by atoms with Gasteiger partial charge in [-0.15, -0.1) is 15.3 Å². The third-order valence-electron chi connectivity index (χ3n) is 10.9. The fourth-order valence-electron chi connectivity index (χ4n) is 7.21. The molecule has 0 aliphatic rings. The third-order valence-corrected chi connectivity index (χ3v) is 13.5. The molecule has 18 nitrogen and oxygen atoms in total. The van der Waals surface area contributed by atoms with E-state index in [2.05, 4.69) is 31.1 Å². The molecule has 0 heterocycles. The van der Waals surface area contributed by atoms with Crippen molar-refractivity contribution in [3.8, 4) is 23.0 Å². The number of phenolic OH excluding ortho intramolecular Hbond substituents is 1. The second kappa shape index (κ2) is 23.4. The molecule has 4 N–H and O–H groups in total. The van der Waals surface area contributed by atoms with Gasteiger partial charge in [-0.25, -0.2) is 8.42 Å². The van der Waals surface area contributed by atoms with Crippen molar-refractivity contribution >= 4 is 149 Å². The SMILES string of the molecule is COc1ccc(NC(=O)c2cc3ccccc3c(N=Nc3c(Cl)ccc(S(=O)(=O)O)c3C)c2O)cc1.COc1ccc(NC(=O)c2cc3ccccc3c(N=Nc3c(Cl)ccc(S(=O)(=O)[O-])c3C)c2[O-])cc1.[Ca+2]. The Morgan fingerprint density at radius 2 is 0.973 bits per heavy atom. The molecule has 8 aromatic carbocycles. The summed E-state index contributed by atoms with van der Waals surface area (Å²) in [5.74, 6) is -1.12. The summed E-state index contributed by atoms with van der Waals surface area (Å²) >= 11 is 12.4. The summed E-state index contributed by atoms with van der Waals surface area (Å²) in [6.45, 7) is 2.78. The van der Waals surface area contributed by atoms with Crippen LogP contribution in [0.25, 0.3) is 21.5 Å². The van der Waals surface area contributed by atoms with Crippen molar-refractivity contribution in [3.05, 3.63) is 166 Å². The van der Waals surface area contributed by atoms with E-state index in [1.807, 2.05) is 0 Å². The van der Waals surface area contributed by atoms with Crippen LogP contribution in [0.5, 0.6) is 23.0 Å². The maximum Gasteiger partial charge on any atom is 2.00 e. The Morgan fingerprint density at radius 1 is 0.575 bits per heavy atom. The number of rotatable bonds is 12. The van der Waals surface area contributed by atoms with Crippen molar-refractivity contribution in [1.29, 1.82) is 0 Å². The monoisotopic (exact) mass is 1090 g/mol. The van der Waals surface area contributed by atoms with Gasteiger partial charge in [0.05, 0.1) is 45.3 Å². The number of benzene rings is 8. The van der Waals surface area contributed by atoms with Crippen molar-refractivity contribution in [2.75, 3.05) is 24.9 Å². The number of ether oxygens (including phenoxy) is 2. The van der Waals surface area contributed by atoms with E-state index in [-0.39, 0.29) is 97.7 Å². The van der Waals surface area contributed by atoms with E-state index in [9.17, 15) is 45.7 Å². The number of hydrogen-bond donors (Lipinski definition) is 4. The molecule has 0 bridgehead atoms. The van der Waals surface area contributed by atoms with Gasteiger partial charge in [-0.3, -0.25) is 14.1 Å². The Kier molecular flexibility index (Phi) is 17.8. The first-order valence-electron chi connectivity index (χ1n) is 20.9. The van der Waals surface area contributed by atoms with E-state index in [1.165, 1.54) is 52.3 Å². The van der Waals surface area contributed by atoms with Crippen LogP contribution in [0, 0.1) is 13.8 Å². The fourth-order valence-corrected chi connectivity index (χ4v) is 9.12. The molecular formula is C50H38CaCl2N6O12S2. The number of anilines is 2. The zero-order valence-corrected chi connectivity index (χ0v) is 44.1. The maximum atomic E-state index is 13.3. The van der Waals surface area contributed by atoms with Gasteiger partial charge >= 0.3 is 37.7 Å². The number of carbonyl (C=O) groups excluding carboxylic acids is 2. The molecule has 0 spiro atoms. The quantitative estimate of drug-likeness (QED) is 0.0505. The number of azo groups is 2. The van der Waals surface area contributed by atoms with Crippen LogP contribution >= 0.6 is 23.2 Å². The van der Waals surface area contributed by atoms with Crippen molar-refractivity contribution in [2.24, 2.45) is 20.5 Å². The molecule has 368 valence electrons. The van der Waals surface area contributed by atoms with Gasteiger partial charge in [-0.05, 0) is 121 Å². The number of fused-ring (bicyclic) bond motifs is 2. The van der Waals surface area contributed by atoms with E-state index >= 15 is 0 Å². The molecule has 0 atom stereocenters. The molecule has 0 saturated carbocycles. The normalized spacial score (nSPS) is 11.5. The van der Waals surface area contributed by atoms with Gasteiger partial charge in [0.15, 0.2) is 5.75 Å². The van der Waals surface area contributed by atoms with E-state index in [0.717, 1.165) is 12.1 Å². The minimum atomic E-state index is -4.78. The van der Waals surface area contributed by atoms with Gasteiger partial charge in [0.2, 0.25) is 0 Å². The molecule has 0 aliphatic carbocycles. The first-order valence-corrected chi connectivity index (χ1v) is 24.5. The fraction of sp³-hybridized carbons (Fsp3) is 0.0800. The van der Waals surface area contributed by atoms with E-state index in [0.29, 0.717) is 44.4 Å². The van der Waals surface area contributed by atoms with Crippen LogP contribution in [0.15, 0.2) is 164 Å². The average Bonchev–Trinajstić information content (AvgIpc) is 3.34. The smallest absolute Gasteiger partial charge is 0.870 e. The number of amides is 2. The summed E-state index contributed by atoms with van der Waals surface area (Å²) in [6.07, 6.45) is 0. The van der Waals surface area contributed by atoms with E-state index < -0.39 is 48.4 Å². The summed E-state index contributed by atoms with van der Waals surface area (Å²) in [7, 11) is -6.25. The Morgan fingerprint density at radius 3 is 1.44 bits per heavy atom. The van der Waals surface area contributed by atoms with Crippen molar-refractivity contribution in [2.45, 2.75) is 23.6 Å². The Bertz CT molecular complexity index is 3490. The number of hydrogen-bond acceptors (Lipinski definition) is 15. The van der Waals surface area contributed by atoms with Crippen LogP contribution in [-0.4, -0.2) is 94.8 Å². The van der Waals surface area contributed by atoms with Gasteiger partial charge in [0.25, 0.3) is 21.9 Å². The summed E-state index contributed by atoms with van der Waals surface area (Å²) in [5.41, 5.74) is 0.547. The van der Waals surface area contributed by atoms with Crippen LogP contribution in [0.2, 0.25) is 10.0 Å². The Balaban J connectivity index is 0.000000235. The van der Waals surface area contributed by atoms with Gasteiger partial charge in [-0.2, -0.15) is 13.5 Å². The molecule has 73 heavy (non-hydrogen) atoms. The molecule has 2 amide bonds. The molecule has 0 aromatic heterocycles. The molecule has 0 radical (unpaired) electrons. The zero-order valence-electron chi connectivity index (χ0n) is 38.7. The predicted octanol–water partition coefficient (Wildman–Crippen LogP) is 11.5. The number of aromatic hydroxyl groups is 1. The summed E-state index contributed by atoms with van der Waals surface area (Å²) < 4.78 is 77.7. The van der Waals surface area contributed by atoms with E-state index in [4.69, 9.17) is 32.7 Å². The second-order valence-electron chi connectivity index (χ2n) is 15.4. The number of halogens is 2. The third kappa shape index (κ3) is 12.7. The topological polar surface area (TPSA) is 281 Å². The molecular weight excluding hydrogens is 1050 g/mol. The molecule has 0 unspecified atom stereocenters. The number of methoxy groups -OCH3 is 2. The van der Waals surface area contributed by atoms with Gasteiger partial charge < -0.3 is 34.9 Å². The van der Waals surface area contributed by atoms with Crippen LogP contribution in [0.1, 0.15) is 31.8 Å². The largest absolute Gasteiger partial charge is 2.00 e. The number of nitrogens with one attached hydrogen (secondary N) is 2. The molecule has 0 fully saturated rings. The molecule has 8 aromatic rings. The Hall–Kier alpha value is -6.72. The van der Waals surface area contributed by atoms with Gasteiger partial charge in [-0.1, -0.05) is 77.5 Å². The average molecular weight is 1090 g/mol. The summed E-state index contributed by atoms with van der Waals surface area (Å²) in [5, 5.41) is 48.2. The number of phenols is 1. The van der Waals surface area contributed by atoms with Crippen LogP contribution < -0.4 is 25.2 Å².